The van der Waals surface area contributed by atoms with Crippen LogP contribution in [0.2, 0.25) is 10.0 Å². The predicted molar refractivity (Wildman–Crippen MR) is 210 cm³/mol. The minimum absolute atomic E-state index is 0.174. The van der Waals surface area contributed by atoms with Crippen molar-refractivity contribution in [3.63, 3.8) is 0 Å². The Morgan fingerprint density at radius 1 is 0.927 bits per heavy atom. The van der Waals surface area contributed by atoms with E-state index in [-0.39, 0.29) is 18.1 Å². The summed E-state index contributed by atoms with van der Waals surface area (Å²) >= 11 is 12.8. The van der Waals surface area contributed by atoms with Crippen molar-refractivity contribution in [2.75, 3.05) is 62.4 Å². The van der Waals surface area contributed by atoms with Crippen LogP contribution in [0.1, 0.15) is 30.7 Å². The second kappa shape index (κ2) is 16.8. The fourth-order valence-electron chi connectivity index (χ4n) is 7.43. The van der Waals surface area contributed by atoms with Gasteiger partial charge in [0.1, 0.15) is 24.3 Å². The summed E-state index contributed by atoms with van der Waals surface area (Å²) in [4.78, 5) is 22.1. The lowest BCUT2D eigenvalue weighted by molar-refractivity contribution is -0.189. The average Bonchev–Trinajstić information content (AvgIpc) is 3.94. The molecule has 5 heterocycles. The maximum absolute atomic E-state index is 13.2. The number of anilines is 2. The molecule has 3 fully saturated rings. The molecule has 3 atom stereocenters. The van der Waals surface area contributed by atoms with E-state index in [1.54, 1.807) is 29.2 Å². The summed E-state index contributed by atoms with van der Waals surface area (Å²) in [5.41, 5.74) is 3.59. The van der Waals surface area contributed by atoms with Gasteiger partial charge >= 0.3 is 5.69 Å². The molecule has 3 aliphatic heterocycles. The van der Waals surface area contributed by atoms with E-state index in [2.05, 4.69) is 44.1 Å². The molecule has 55 heavy (non-hydrogen) atoms. The summed E-state index contributed by atoms with van der Waals surface area (Å²) in [6.45, 7) is 7.86. The summed E-state index contributed by atoms with van der Waals surface area (Å²) in [5, 5.41) is 5.50. The van der Waals surface area contributed by atoms with Gasteiger partial charge in [0, 0.05) is 67.1 Å². The number of imidazole rings is 1. The first kappa shape index (κ1) is 37.5. The molecule has 0 radical (unpaired) electrons. The van der Waals surface area contributed by atoms with Crippen LogP contribution < -0.4 is 20.2 Å². The van der Waals surface area contributed by atoms with Crippen molar-refractivity contribution in [2.45, 2.75) is 57.5 Å². The van der Waals surface area contributed by atoms with E-state index in [0.717, 1.165) is 74.9 Å². The number of aryl methyl sites for hydroxylation is 1. The van der Waals surface area contributed by atoms with Gasteiger partial charge in [0.15, 0.2) is 6.29 Å². The number of rotatable bonds is 13. The summed E-state index contributed by atoms with van der Waals surface area (Å²) in [6.07, 6.45) is 7.85. The molecule has 3 unspecified atom stereocenters. The van der Waals surface area contributed by atoms with Gasteiger partial charge in [-0.3, -0.25) is 0 Å². The van der Waals surface area contributed by atoms with Gasteiger partial charge in [-0.1, -0.05) is 29.3 Å². The van der Waals surface area contributed by atoms with E-state index in [4.69, 9.17) is 46.9 Å². The zero-order chi connectivity index (χ0) is 37.8. The Bertz CT molecular complexity index is 2080. The number of hydrogen-bond acceptors (Lipinski definition) is 10. The SMILES string of the molecule is Cc1nn(CCOC2CCCCO2)c(=O)n1-c1ccc(N2CCN(c3ccc(OCC4COC(Cn5ccnc5)(c5ccc(Cl)cc5Cl)O4)cc3)CC2)cc1. The Morgan fingerprint density at radius 2 is 1.65 bits per heavy atom. The summed E-state index contributed by atoms with van der Waals surface area (Å²) in [5.74, 6) is 0.290. The summed E-state index contributed by atoms with van der Waals surface area (Å²) in [6, 6.07) is 21.6. The molecule has 8 rings (SSSR count). The number of hydrogen-bond donors (Lipinski definition) is 0. The van der Waals surface area contributed by atoms with Crippen molar-refractivity contribution in [2.24, 2.45) is 0 Å². The van der Waals surface area contributed by atoms with Crippen LogP contribution in [0.5, 0.6) is 5.75 Å². The number of nitrogens with zero attached hydrogens (tertiary/aromatic N) is 7. The van der Waals surface area contributed by atoms with Crippen LogP contribution in [0, 0.1) is 6.92 Å². The predicted octanol–water partition coefficient (Wildman–Crippen LogP) is 6.06. The smallest absolute Gasteiger partial charge is 0.350 e. The first-order valence-corrected chi connectivity index (χ1v) is 19.6. The second-order valence-electron chi connectivity index (χ2n) is 14.0. The third-order valence-corrected chi connectivity index (χ3v) is 10.8. The Kier molecular flexibility index (Phi) is 11.5. The lowest BCUT2D eigenvalue weighted by Gasteiger charge is -2.37. The molecule has 3 aromatic carbocycles. The maximum atomic E-state index is 13.2. The molecule has 3 aliphatic rings. The monoisotopic (exact) mass is 789 g/mol. The molecule has 0 bridgehead atoms. The van der Waals surface area contributed by atoms with E-state index in [1.807, 2.05) is 48.0 Å². The first-order valence-electron chi connectivity index (χ1n) is 18.8. The third kappa shape index (κ3) is 8.57. The van der Waals surface area contributed by atoms with Gasteiger partial charge in [-0.25, -0.2) is 19.0 Å². The van der Waals surface area contributed by atoms with Crippen LogP contribution in [-0.2, 0) is 37.8 Å². The molecule has 3 saturated heterocycles. The number of benzene rings is 3. The van der Waals surface area contributed by atoms with Crippen LogP contribution in [0.3, 0.4) is 0 Å². The third-order valence-electron chi connectivity index (χ3n) is 10.3. The molecule has 0 aliphatic carbocycles. The normalized spacial score (nSPS) is 21.7. The van der Waals surface area contributed by atoms with E-state index in [1.165, 1.54) is 4.68 Å². The van der Waals surface area contributed by atoms with Gasteiger partial charge in [-0.15, -0.1) is 0 Å². The minimum atomic E-state index is -1.10. The first-order chi connectivity index (χ1) is 26.8. The van der Waals surface area contributed by atoms with E-state index in [9.17, 15) is 4.79 Å². The molecule has 290 valence electrons. The van der Waals surface area contributed by atoms with Gasteiger partial charge in [-0.05, 0) is 86.8 Å². The molecule has 2 aromatic heterocycles. The maximum Gasteiger partial charge on any atom is 0.350 e. The lowest BCUT2D eigenvalue weighted by atomic mass is 10.1. The van der Waals surface area contributed by atoms with Gasteiger partial charge in [0.05, 0.1) is 43.3 Å². The lowest BCUT2D eigenvalue weighted by Crippen LogP contribution is -2.46. The molecule has 15 heteroatoms. The van der Waals surface area contributed by atoms with Crippen LogP contribution >= 0.6 is 23.2 Å². The van der Waals surface area contributed by atoms with Gasteiger partial charge in [-0.2, -0.15) is 5.10 Å². The molecule has 0 amide bonds. The van der Waals surface area contributed by atoms with Crippen molar-refractivity contribution in [1.29, 1.82) is 0 Å². The number of piperazine rings is 1. The van der Waals surface area contributed by atoms with Gasteiger partial charge < -0.3 is 38.1 Å². The Labute approximate surface area is 329 Å². The van der Waals surface area contributed by atoms with Crippen LogP contribution in [-0.4, -0.2) is 88.9 Å². The Hall–Kier alpha value is -4.37. The molecule has 13 nitrogen and oxygen atoms in total. The average molecular weight is 791 g/mol. The highest BCUT2D eigenvalue weighted by Gasteiger charge is 2.45. The van der Waals surface area contributed by atoms with E-state index >= 15 is 0 Å². The number of ether oxygens (including phenoxy) is 5. The number of aromatic nitrogens is 5. The van der Waals surface area contributed by atoms with Gasteiger partial charge in [0.2, 0.25) is 5.79 Å². The van der Waals surface area contributed by atoms with Crippen molar-refractivity contribution in [3.8, 4) is 11.4 Å². The van der Waals surface area contributed by atoms with Crippen molar-refractivity contribution < 1.29 is 23.7 Å². The molecular weight excluding hydrogens is 745 g/mol. The highest BCUT2D eigenvalue weighted by atomic mass is 35.5. The standard InChI is InChI=1S/C40H45Cl2N7O6/c1-29-44-48(21-23-52-38-4-2-3-22-51-38)39(50)49(29)33-8-6-31(7-9-33)46-17-19-47(20-18-46)32-10-12-34(13-11-32)53-25-35-26-54-40(55-35,27-45-16-15-43-28-45)36-14-5-30(41)24-37(36)42/h5-16,24,28,35,38H,2-4,17-23,25-27H2,1H3. The number of halogens is 2. The van der Waals surface area contributed by atoms with Crippen LogP contribution in [0.15, 0.2) is 90.2 Å². The minimum Gasteiger partial charge on any atom is -0.491 e. The summed E-state index contributed by atoms with van der Waals surface area (Å²) in [7, 11) is 0. The molecule has 0 saturated carbocycles. The Morgan fingerprint density at radius 3 is 2.33 bits per heavy atom. The quantitative estimate of drug-likeness (QED) is 0.140. The fourth-order valence-corrected chi connectivity index (χ4v) is 7.98. The Balaban J connectivity index is 0.822. The molecule has 0 spiro atoms. The van der Waals surface area contributed by atoms with Crippen LogP contribution in [0.25, 0.3) is 5.69 Å². The fraction of sp³-hybridized carbons (Fsp3) is 0.425. The van der Waals surface area contributed by atoms with Crippen LogP contribution in [0.4, 0.5) is 11.4 Å². The zero-order valence-corrected chi connectivity index (χ0v) is 32.3. The highest BCUT2D eigenvalue weighted by molar-refractivity contribution is 6.35. The highest BCUT2D eigenvalue weighted by Crippen LogP contribution is 2.40. The summed E-state index contributed by atoms with van der Waals surface area (Å²) < 4.78 is 35.5. The van der Waals surface area contributed by atoms with Crippen molar-refractivity contribution in [3.05, 3.63) is 117 Å². The van der Waals surface area contributed by atoms with Gasteiger partial charge in [0.25, 0.3) is 0 Å². The van der Waals surface area contributed by atoms with E-state index in [0.29, 0.717) is 54.3 Å². The molecule has 5 aromatic rings. The molecule has 0 N–H and O–H groups in total. The topological polar surface area (TPSA) is 110 Å². The molecular formula is C40H45Cl2N7O6. The largest absolute Gasteiger partial charge is 0.491 e. The van der Waals surface area contributed by atoms with E-state index < -0.39 is 5.79 Å². The second-order valence-corrected chi connectivity index (χ2v) is 14.9. The van der Waals surface area contributed by atoms with Crippen molar-refractivity contribution in [1.82, 2.24) is 23.9 Å². The zero-order valence-electron chi connectivity index (χ0n) is 30.8. The van der Waals surface area contributed by atoms with Crippen molar-refractivity contribution >= 4 is 34.6 Å².